The number of nitrogens with zero attached hydrogens (tertiary/aromatic N) is 1. The van der Waals surface area contributed by atoms with Gasteiger partial charge in [-0.05, 0) is 23.6 Å². The molecule has 0 spiro atoms. The molecule has 0 bridgehead atoms. The fourth-order valence-corrected chi connectivity index (χ4v) is 2.56. The van der Waals surface area contributed by atoms with E-state index in [1.165, 1.54) is 0 Å². The molecule has 1 aliphatic heterocycles. The van der Waals surface area contributed by atoms with E-state index in [4.69, 9.17) is 16.3 Å². The molecular weight excluding hydrogens is 250 g/mol. The van der Waals surface area contributed by atoms with E-state index in [-0.39, 0.29) is 18.9 Å². The largest absolute Gasteiger partial charge is 0.394 e. The molecule has 0 radical (unpaired) electrons. The van der Waals surface area contributed by atoms with Crippen LogP contribution in [-0.4, -0.2) is 35.8 Å². The first-order valence-electron chi connectivity index (χ1n) is 6.36. The van der Waals surface area contributed by atoms with Gasteiger partial charge in [-0.15, -0.1) is 0 Å². The minimum absolute atomic E-state index is 0.0612. The lowest BCUT2D eigenvalue weighted by atomic mass is 10.1. The van der Waals surface area contributed by atoms with Gasteiger partial charge in [0.25, 0.3) is 0 Å². The van der Waals surface area contributed by atoms with Crippen molar-refractivity contribution in [1.29, 1.82) is 0 Å². The molecule has 1 heterocycles. The molecule has 2 unspecified atom stereocenters. The molecule has 18 heavy (non-hydrogen) atoms. The van der Waals surface area contributed by atoms with E-state index in [1.807, 2.05) is 24.3 Å². The van der Waals surface area contributed by atoms with E-state index in [2.05, 4.69) is 18.7 Å². The van der Waals surface area contributed by atoms with Crippen LogP contribution >= 0.6 is 11.6 Å². The Kier molecular flexibility index (Phi) is 4.62. The van der Waals surface area contributed by atoms with Crippen molar-refractivity contribution in [2.75, 3.05) is 19.7 Å². The lowest BCUT2D eigenvalue weighted by Gasteiger charge is -2.24. The number of ether oxygens (including phenoxy) is 1. The van der Waals surface area contributed by atoms with Crippen molar-refractivity contribution in [2.45, 2.75) is 26.2 Å². The second kappa shape index (κ2) is 6.02. The van der Waals surface area contributed by atoms with Gasteiger partial charge < -0.3 is 9.84 Å². The van der Waals surface area contributed by atoms with Crippen LogP contribution in [0.3, 0.4) is 0 Å². The Bertz CT molecular complexity index is 397. The van der Waals surface area contributed by atoms with Crippen LogP contribution in [0.2, 0.25) is 5.02 Å². The summed E-state index contributed by atoms with van der Waals surface area (Å²) in [6.07, 6.45) is -0.198. The molecule has 0 aromatic heterocycles. The van der Waals surface area contributed by atoms with Gasteiger partial charge in [0, 0.05) is 18.1 Å². The number of aliphatic hydroxyl groups is 1. The summed E-state index contributed by atoms with van der Waals surface area (Å²) in [4.78, 5) is 2.26. The van der Waals surface area contributed by atoms with Crippen LogP contribution in [0.5, 0.6) is 0 Å². The highest BCUT2D eigenvalue weighted by atomic mass is 35.5. The molecule has 1 aromatic carbocycles. The Morgan fingerprint density at radius 3 is 2.89 bits per heavy atom. The normalized spacial score (nSPS) is 24.9. The average molecular weight is 270 g/mol. The Balaban J connectivity index is 2.17. The molecule has 1 aromatic rings. The fourth-order valence-electron chi connectivity index (χ4n) is 2.36. The standard InChI is InChI=1S/C14H20ClNO2/c1-10(2)7-16-8-13(9-17)18-14(16)11-4-3-5-12(15)6-11/h3-6,10,13-14,17H,7-9H2,1-2H3. The molecule has 0 saturated carbocycles. The third-order valence-electron chi connectivity index (χ3n) is 3.03. The molecular formula is C14H20ClNO2. The number of halogens is 1. The summed E-state index contributed by atoms with van der Waals surface area (Å²) in [5, 5.41) is 9.98. The van der Waals surface area contributed by atoms with Gasteiger partial charge in [0.2, 0.25) is 0 Å². The maximum atomic E-state index is 9.26. The van der Waals surface area contributed by atoms with Gasteiger partial charge in [0.05, 0.1) is 12.7 Å². The minimum Gasteiger partial charge on any atom is -0.394 e. The summed E-state index contributed by atoms with van der Waals surface area (Å²) in [5.41, 5.74) is 1.05. The van der Waals surface area contributed by atoms with Gasteiger partial charge >= 0.3 is 0 Å². The van der Waals surface area contributed by atoms with E-state index in [0.29, 0.717) is 10.9 Å². The lowest BCUT2D eigenvalue weighted by molar-refractivity contribution is -0.0218. The van der Waals surface area contributed by atoms with Crippen LogP contribution in [0.25, 0.3) is 0 Å². The van der Waals surface area contributed by atoms with Crippen molar-refractivity contribution in [2.24, 2.45) is 5.92 Å². The third kappa shape index (κ3) is 3.23. The molecule has 4 heteroatoms. The van der Waals surface area contributed by atoms with Crippen LogP contribution in [0.15, 0.2) is 24.3 Å². The second-order valence-electron chi connectivity index (χ2n) is 5.20. The molecule has 0 aliphatic carbocycles. The van der Waals surface area contributed by atoms with E-state index in [0.717, 1.165) is 18.7 Å². The maximum Gasteiger partial charge on any atom is 0.137 e. The number of hydrogen-bond acceptors (Lipinski definition) is 3. The second-order valence-corrected chi connectivity index (χ2v) is 5.63. The van der Waals surface area contributed by atoms with Crippen LogP contribution in [0.4, 0.5) is 0 Å². The highest BCUT2D eigenvalue weighted by Gasteiger charge is 2.33. The van der Waals surface area contributed by atoms with E-state index in [1.54, 1.807) is 0 Å². The van der Waals surface area contributed by atoms with E-state index in [9.17, 15) is 5.11 Å². The van der Waals surface area contributed by atoms with E-state index >= 15 is 0 Å². The van der Waals surface area contributed by atoms with Crippen LogP contribution < -0.4 is 0 Å². The minimum atomic E-state index is -0.104. The van der Waals surface area contributed by atoms with Crippen LogP contribution in [0.1, 0.15) is 25.6 Å². The summed E-state index contributed by atoms with van der Waals surface area (Å²) < 4.78 is 5.88. The highest BCUT2D eigenvalue weighted by Crippen LogP contribution is 2.31. The zero-order valence-corrected chi connectivity index (χ0v) is 11.6. The van der Waals surface area contributed by atoms with Gasteiger partial charge in [-0.1, -0.05) is 37.6 Å². The van der Waals surface area contributed by atoms with Crippen molar-refractivity contribution in [1.82, 2.24) is 4.90 Å². The summed E-state index contributed by atoms with van der Waals surface area (Å²) in [7, 11) is 0. The molecule has 1 N–H and O–H groups in total. The lowest BCUT2D eigenvalue weighted by Crippen LogP contribution is -2.29. The Morgan fingerprint density at radius 1 is 1.50 bits per heavy atom. The molecule has 1 saturated heterocycles. The van der Waals surface area contributed by atoms with Gasteiger partial charge in [0.1, 0.15) is 6.23 Å². The molecule has 2 atom stereocenters. The summed E-state index contributed by atoms with van der Waals surface area (Å²) in [6.45, 7) is 6.15. The van der Waals surface area contributed by atoms with Gasteiger partial charge in [-0.3, -0.25) is 4.90 Å². The fraction of sp³-hybridized carbons (Fsp3) is 0.571. The van der Waals surface area contributed by atoms with Crippen molar-refractivity contribution < 1.29 is 9.84 Å². The Hall–Kier alpha value is -0.610. The van der Waals surface area contributed by atoms with Crippen molar-refractivity contribution in [3.63, 3.8) is 0 Å². The number of aliphatic hydroxyl groups excluding tert-OH is 1. The number of benzene rings is 1. The van der Waals surface area contributed by atoms with Gasteiger partial charge in [-0.2, -0.15) is 0 Å². The topological polar surface area (TPSA) is 32.7 Å². The van der Waals surface area contributed by atoms with Crippen molar-refractivity contribution >= 4 is 11.6 Å². The molecule has 1 aliphatic rings. The highest BCUT2D eigenvalue weighted by molar-refractivity contribution is 6.30. The summed E-state index contributed by atoms with van der Waals surface area (Å²) in [5.74, 6) is 0.563. The number of rotatable bonds is 4. The Labute approximate surface area is 113 Å². The van der Waals surface area contributed by atoms with Crippen molar-refractivity contribution in [3.8, 4) is 0 Å². The molecule has 2 rings (SSSR count). The zero-order valence-electron chi connectivity index (χ0n) is 10.8. The van der Waals surface area contributed by atoms with Gasteiger partial charge in [0.15, 0.2) is 0 Å². The number of hydrogen-bond donors (Lipinski definition) is 1. The van der Waals surface area contributed by atoms with Gasteiger partial charge in [-0.25, -0.2) is 0 Å². The molecule has 0 amide bonds. The quantitative estimate of drug-likeness (QED) is 0.912. The zero-order chi connectivity index (χ0) is 13.1. The van der Waals surface area contributed by atoms with Crippen molar-refractivity contribution in [3.05, 3.63) is 34.9 Å². The summed E-state index contributed by atoms with van der Waals surface area (Å²) >= 11 is 6.02. The van der Waals surface area contributed by atoms with E-state index < -0.39 is 0 Å². The first-order valence-corrected chi connectivity index (χ1v) is 6.73. The summed E-state index contributed by atoms with van der Waals surface area (Å²) in [6, 6.07) is 7.74. The molecule has 3 nitrogen and oxygen atoms in total. The smallest absolute Gasteiger partial charge is 0.137 e. The molecule has 1 fully saturated rings. The predicted molar refractivity (Wildman–Crippen MR) is 72.6 cm³/mol. The molecule has 100 valence electrons. The SMILES string of the molecule is CC(C)CN1CC(CO)OC1c1cccc(Cl)c1. The van der Waals surface area contributed by atoms with Crippen LogP contribution in [-0.2, 0) is 4.74 Å². The average Bonchev–Trinajstić information content (AvgIpc) is 2.71. The monoisotopic (exact) mass is 269 g/mol. The maximum absolute atomic E-state index is 9.26. The predicted octanol–water partition coefficient (Wildman–Crippen LogP) is 2.69. The first kappa shape index (κ1) is 13.8. The first-order chi connectivity index (χ1) is 8.60. The third-order valence-corrected chi connectivity index (χ3v) is 3.26. The Morgan fingerprint density at radius 2 is 2.28 bits per heavy atom. The van der Waals surface area contributed by atoms with Crippen LogP contribution in [0, 0.1) is 5.92 Å².